The van der Waals surface area contributed by atoms with Crippen molar-refractivity contribution in [1.29, 1.82) is 0 Å². The number of carbonyl (C=O) groups excluding carboxylic acids is 1. The van der Waals surface area contributed by atoms with E-state index >= 15 is 0 Å². The van der Waals surface area contributed by atoms with Crippen LogP contribution in [-0.2, 0) is 12.4 Å². The van der Waals surface area contributed by atoms with Gasteiger partial charge in [-0.25, -0.2) is 0 Å². The van der Waals surface area contributed by atoms with Crippen LogP contribution < -0.4 is 5.73 Å². The van der Waals surface area contributed by atoms with Crippen molar-refractivity contribution < 1.29 is 31.1 Å². The van der Waals surface area contributed by atoms with Gasteiger partial charge in [0.15, 0.2) is 0 Å². The molecule has 0 saturated carbocycles. The SMILES string of the molecule is NC(=O)c1c(C(F)(F)F)cc(I)cc1C(F)(F)F. The molecule has 0 unspecified atom stereocenters. The van der Waals surface area contributed by atoms with E-state index < -0.39 is 35.0 Å². The Labute approximate surface area is 110 Å². The Morgan fingerprint density at radius 1 is 1.00 bits per heavy atom. The highest BCUT2D eigenvalue weighted by Gasteiger charge is 2.42. The third-order valence-electron chi connectivity index (χ3n) is 1.96. The summed E-state index contributed by atoms with van der Waals surface area (Å²) in [6.07, 6.45) is -10.2. The van der Waals surface area contributed by atoms with E-state index in [-0.39, 0.29) is 3.57 Å². The van der Waals surface area contributed by atoms with Crippen molar-refractivity contribution in [2.75, 3.05) is 0 Å². The number of alkyl halides is 6. The first-order chi connectivity index (χ1) is 7.94. The van der Waals surface area contributed by atoms with E-state index in [9.17, 15) is 31.1 Å². The van der Waals surface area contributed by atoms with Crippen molar-refractivity contribution >= 4 is 28.5 Å². The molecule has 2 nitrogen and oxygen atoms in total. The van der Waals surface area contributed by atoms with Crippen molar-refractivity contribution in [2.24, 2.45) is 5.73 Å². The van der Waals surface area contributed by atoms with Crippen molar-refractivity contribution in [3.63, 3.8) is 0 Å². The third kappa shape index (κ3) is 3.06. The first-order valence-corrected chi connectivity index (χ1v) is 5.30. The van der Waals surface area contributed by atoms with E-state index in [4.69, 9.17) is 0 Å². The van der Waals surface area contributed by atoms with E-state index in [2.05, 4.69) is 5.73 Å². The van der Waals surface area contributed by atoms with Gasteiger partial charge in [0.2, 0.25) is 5.91 Å². The van der Waals surface area contributed by atoms with Crippen LogP contribution in [0.5, 0.6) is 0 Å². The minimum Gasteiger partial charge on any atom is -0.366 e. The largest absolute Gasteiger partial charge is 0.417 e. The molecule has 0 bridgehead atoms. The van der Waals surface area contributed by atoms with Crippen molar-refractivity contribution in [3.8, 4) is 0 Å². The lowest BCUT2D eigenvalue weighted by Crippen LogP contribution is -2.24. The van der Waals surface area contributed by atoms with Crippen LogP contribution in [0.3, 0.4) is 0 Å². The maximum absolute atomic E-state index is 12.6. The van der Waals surface area contributed by atoms with Gasteiger partial charge in [-0.15, -0.1) is 0 Å². The Morgan fingerprint density at radius 2 is 1.33 bits per heavy atom. The van der Waals surface area contributed by atoms with Crippen LogP contribution in [0.2, 0.25) is 0 Å². The number of hydrogen-bond donors (Lipinski definition) is 1. The van der Waals surface area contributed by atoms with Crippen LogP contribution >= 0.6 is 22.6 Å². The second kappa shape index (κ2) is 4.59. The zero-order valence-corrected chi connectivity index (χ0v) is 10.4. The van der Waals surface area contributed by atoms with E-state index in [0.717, 1.165) is 0 Å². The Morgan fingerprint density at radius 3 is 1.56 bits per heavy atom. The number of halogens is 7. The molecule has 9 heteroatoms. The van der Waals surface area contributed by atoms with E-state index in [1.54, 1.807) is 0 Å². The van der Waals surface area contributed by atoms with Crippen LogP contribution in [0.1, 0.15) is 21.5 Å². The Balaban J connectivity index is 3.74. The maximum atomic E-state index is 12.6. The molecule has 1 aromatic carbocycles. The van der Waals surface area contributed by atoms with Gasteiger partial charge in [-0.2, -0.15) is 26.3 Å². The van der Waals surface area contributed by atoms with E-state index in [1.165, 1.54) is 22.6 Å². The lowest BCUT2D eigenvalue weighted by molar-refractivity contribution is -0.143. The molecule has 0 heterocycles. The standard InChI is InChI=1S/C9H4F6INO/c10-8(11,12)4-1-3(16)2-5(9(13,14)15)6(4)7(17)18/h1-2H,(H2,17,18). The number of amides is 1. The topological polar surface area (TPSA) is 43.1 Å². The molecule has 0 aliphatic carbocycles. The predicted molar refractivity (Wildman–Crippen MR) is 57.7 cm³/mol. The van der Waals surface area contributed by atoms with Gasteiger partial charge in [0.05, 0.1) is 16.7 Å². The van der Waals surface area contributed by atoms with Crippen LogP contribution in [-0.4, -0.2) is 5.91 Å². The fourth-order valence-corrected chi connectivity index (χ4v) is 1.94. The van der Waals surface area contributed by atoms with Gasteiger partial charge in [-0.05, 0) is 34.7 Å². The van der Waals surface area contributed by atoms with Gasteiger partial charge in [0.25, 0.3) is 0 Å². The molecule has 0 saturated heterocycles. The average molecular weight is 383 g/mol. The third-order valence-corrected chi connectivity index (χ3v) is 2.58. The summed E-state index contributed by atoms with van der Waals surface area (Å²) in [5.74, 6) is -1.77. The zero-order chi connectivity index (χ0) is 14.3. The minimum atomic E-state index is -5.09. The first kappa shape index (κ1) is 15.1. The summed E-state index contributed by atoms with van der Waals surface area (Å²) in [5.41, 5.74) is -0.314. The summed E-state index contributed by atoms with van der Waals surface area (Å²) in [7, 11) is 0. The Hall–Kier alpha value is -1.00. The fourth-order valence-electron chi connectivity index (χ4n) is 1.32. The van der Waals surface area contributed by atoms with Gasteiger partial charge in [-0.3, -0.25) is 4.79 Å². The molecule has 0 fully saturated rings. The molecule has 0 aliphatic rings. The lowest BCUT2D eigenvalue weighted by atomic mass is 9.99. The van der Waals surface area contributed by atoms with Gasteiger partial charge in [-0.1, -0.05) is 0 Å². The highest BCUT2D eigenvalue weighted by atomic mass is 127. The number of nitrogens with two attached hydrogens (primary N) is 1. The van der Waals surface area contributed by atoms with Crippen molar-refractivity contribution in [1.82, 2.24) is 0 Å². The minimum absolute atomic E-state index is 0.294. The van der Waals surface area contributed by atoms with Crippen molar-refractivity contribution in [2.45, 2.75) is 12.4 Å². The summed E-state index contributed by atoms with van der Waals surface area (Å²) < 4.78 is 75.2. The normalized spacial score (nSPS) is 12.6. The molecule has 0 aromatic heterocycles. The highest BCUT2D eigenvalue weighted by Crippen LogP contribution is 2.40. The van der Waals surface area contributed by atoms with E-state index in [1.807, 2.05) is 0 Å². The molecule has 0 radical (unpaired) electrons. The molecule has 0 atom stereocenters. The van der Waals surface area contributed by atoms with Crippen molar-refractivity contribution in [3.05, 3.63) is 32.4 Å². The summed E-state index contributed by atoms with van der Waals surface area (Å²) in [5, 5.41) is 0. The second-order valence-corrected chi connectivity index (χ2v) is 4.48. The summed E-state index contributed by atoms with van der Waals surface area (Å²) in [6, 6.07) is 0.881. The van der Waals surface area contributed by atoms with Crippen LogP contribution in [0.4, 0.5) is 26.3 Å². The molecule has 18 heavy (non-hydrogen) atoms. The molecule has 100 valence electrons. The second-order valence-electron chi connectivity index (χ2n) is 3.24. The summed E-state index contributed by atoms with van der Waals surface area (Å²) >= 11 is 1.30. The predicted octanol–water partition coefficient (Wildman–Crippen LogP) is 3.43. The van der Waals surface area contributed by atoms with Gasteiger partial charge in [0.1, 0.15) is 0 Å². The lowest BCUT2D eigenvalue weighted by Gasteiger charge is -2.17. The van der Waals surface area contributed by atoms with Crippen LogP contribution in [0.25, 0.3) is 0 Å². The number of rotatable bonds is 1. The number of primary amides is 1. The fraction of sp³-hybridized carbons (Fsp3) is 0.222. The first-order valence-electron chi connectivity index (χ1n) is 4.22. The molecule has 1 aromatic rings. The number of benzene rings is 1. The van der Waals surface area contributed by atoms with Crippen LogP contribution in [0, 0.1) is 3.57 Å². The monoisotopic (exact) mass is 383 g/mol. The van der Waals surface area contributed by atoms with E-state index in [0.29, 0.717) is 12.1 Å². The molecule has 1 amide bonds. The Kier molecular flexibility index (Phi) is 3.84. The molecule has 0 spiro atoms. The molecule has 2 N–H and O–H groups in total. The molecular weight excluding hydrogens is 379 g/mol. The Bertz CT molecular complexity index is 458. The number of carbonyl (C=O) groups is 1. The zero-order valence-electron chi connectivity index (χ0n) is 8.29. The van der Waals surface area contributed by atoms with Crippen LogP contribution in [0.15, 0.2) is 12.1 Å². The molecular formula is C9H4F6INO. The molecule has 0 aliphatic heterocycles. The smallest absolute Gasteiger partial charge is 0.366 e. The average Bonchev–Trinajstić information content (AvgIpc) is 2.12. The maximum Gasteiger partial charge on any atom is 0.417 e. The number of hydrogen-bond acceptors (Lipinski definition) is 1. The van der Waals surface area contributed by atoms with Gasteiger partial charge < -0.3 is 5.73 Å². The molecule has 1 rings (SSSR count). The summed E-state index contributed by atoms with van der Waals surface area (Å²) in [6.45, 7) is 0. The summed E-state index contributed by atoms with van der Waals surface area (Å²) in [4.78, 5) is 10.9. The van der Waals surface area contributed by atoms with Gasteiger partial charge in [0, 0.05) is 3.57 Å². The highest BCUT2D eigenvalue weighted by molar-refractivity contribution is 14.1. The van der Waals surface area contributed by atoms with Gasteiger partial charge >= 0.3 is 12.4 Å². The quantitative estimate of drug-likeness (QED) is 0.586.